The van der Waals surface area contributed by atoms with Crippen molar-refractivity contribution < 1.29 is 18.0 Å². The van der Waals surface area contributed by atoms with Crippen LogP contribution in [0.15, 0.2) is 59.5 Å². The number of amides is 1. The summed E-state index contributed by atoms with van der Waals surface area (Å²) in [5.74, 6) is 0.308. The van der Waals surface area contributed by atoms with Crippen LogP contribution in [0.1, 0.15) is 53.3 Å². The van der Waals surface area contributed by atoms with Crippen LogP contribution in [0, 0.1) is 11.8 Å². The number of likely N-dealkylation sites (tertiary alicyclic amines) is 1. The van der Waals surface area contributed by atoms with Gasteiger partial charge in [-0.25, -0.2) is 8.42 Å². The Morgan fingerprint density at radius 1 is 0.844 bits per heavy atom. The highest BCUT2D eigenvalue weighted by molar-refractivity contribution is 7.89. The lowest BCUT2D eigenvalue weighted by molar-refractivity contribution is 0.0650. The topological polar surface area (TPSA) is 74.8 Å². The first-order valence-electron chi connectivity index (χ1n) is 11.3. The molecule has 7 heteroatoms. The van der Waals surface area contributed by atoms with Gasteiger partial charge >= 0.3 is 0 Å². The van der Waals surface area contributed by atoms with E-state index in [1.807, 2.05) is 30.3 Å². The number of sulfonamides is 1. The van der Waals surface area contributed by atoms with Gasteiger partial charge in [0.2, 0.25) is 10.0 Å². The number of benzene rings is 2. The lowest BCUT2D eigenvalue weighted by Gasteiger charge is -2.31. The van der Waals surface area contributed by atoms with Crippen molar-refractivity contribution in [3.63, 3.8) is 0 Å². The van der Waals surface area contributed by atoms with Crippen LogP contribution < -0.4 is 0 Å². The normalized spacial score (nSPS) is 20.8. The zero-order chi connectivity index (χ0) is 22.7. The maximum atomic E-state index is 12.9. The summed E-state index contributed by atoms with van der Waals surface area (Å²) >= 11 is 0. The molecule has 0 spiro atoms. The van der Waals surface area contributed by atoms with Crippen LogP contribution in [-0.2, 0) is 10.0 Å². The molecule has 2 aliphatic heterocycles. The van der Waals surface area contributed by atoms with E-state index < -0.39 is 10.0 Å². The molecule has 2 aromatic carbocycles. The quantitative estimate of drug-likeness (QED) is 0.644. The Morgan fingerprint density at radius 2 is 1.50 bits per heavy atom. The smallest absolute Gasteiger partial charge is 0.253 e. The molecule has 2 fully saturated rings. The average molecular weight is 455 g/mol. The molecule has 2 heterocycles. The van der Waals surface area contributed by atoms with Gasteiger partial charge in [-0.2, -0.15) is 4.31 Å². The molecule has 2 aliphatic rings. The summed E-state index contributed by atoms with van der Waals surface area (Å²) in [4.78, 5) is 27.6. The van der Waals surface area contributed by atoms with E-state index in [9.17, 15) is 18.0 Å². The minimum absolute atomic E-state index is 0.0686. The number of nitrogens with zero attached hydrogens (tertiary/aromatic N) is 2. The molecule has 0 saturated carbocycles. The Labute approximate surface area is 190 Å². The zero-order valence-electron chi connectivity index (χ0n) is 18.4. The Balaban J connectivity index is 1.38. The third-order valence-corrected chi connectivity index (χ3v) is 8.45. The van der Waals surface area contributed by atoms with Gasteiger partial charge in [-0.05, 0) is 55.9 Å². The van der Waals surface area contributed by atoms with E-state index in [1.54, 1.807) is 21.3 Å². The maximum absolute atomic E-state index is 12.9. The summed E-state index contributed by atoms with van der Waals surface area (Å²) in [6, 6.07) is 15.6. The van der Waals surface area contributed by atoms with E-state index in [4.69, 9.17) is 0 Å². The third kappa shape index (κ3) is 4.79. The summed E-state index contributed by atoms with van der Waals surface area (Å²) in [5.41, 5.74) is 1.20. The van der Waals surface area contributed by atoms with Gasteiger partial charge in [0.05, 0.1) is 4.90 Å². The lowest BCUT2D eigenvalue weighted by atomic mass is 9.88. The summed E-state index contributed by atoms with van der Waals surface area (Å²) in [6.45, 7) is 4.20. The molecule has 0 bridgehead atoms. The maximum Gasteiger partial charge on any atom is 0.253 e. The predicted molar refractivity (Wildman–Crippen MR) is 123 cm³/mol. The van der Waals surface area contributed by atoms with Crippen LogP contribution in [0.3, 0.4) is 0 Å². The minimum Gasteiger partial charge on any atom is -0.339 e. The fourth-order valence-corrected chi connectivity index (χ4v) is 6.25. The van der Waals surface area contributed by atoms with Crippen LogP contribution in [0.4, 0.5) is 0 Å². The Bertz CT molecular complexity index is 1060. The van der Waals surface area contributed by atoms with E-state index in [0.29, 0.717) is 50.5 Å². The number of hydrogen-bond donors (Lipinski definition) is 0. The summed E-state index contributed by atoms with van der Waals surface area (Å²) in [5, 5.41) is 0. The molecule has 0 radical (unpaired) electrons. The van der Waals surface area contributed by atoms with Crippen LogP contribution in [0.5, 0.6) is 0 Å². The number of Topliss-reactive ketones (excluding diaryl/α,β-unsaturated/α-hetero) is 1. The molecule has 6 nitrogen and oxygen atoms in total. The van der Waals surface area contributed by atoms with Crippen molar-refractivity contribution in [3.05, 3.63) is 65.7 Å². The standard InChI is InChI=1S/C25H30N2O4S/c1-19-6-5-15-27(18-19)32(30,31)23-11-9-22(10-12-23)25(29)26-16-13-21(14-17-26)24(28)20-7-3-2-4-8-20/h2-4,7-12,19,21H,5-6,13-18H2,1H3/t19-/m0/s1. The highest BCUT2D eigenvalue weighted by Gasteiger charge is 2.30. The molecule has 170 valence electrons. The van der Waals surface area contributed by atoms with Gasteiger partial charge in [-0.15, -0.1) is 0 Å². The van der Waals surface area contributed by atoms with E-state index in [1.165, 1.54) is 12.1 Å². The SMILES string of the molecule is C[C@H]1CCCN(S(=O)(=O)c2ccc(C(=O)N3CCC(C(=O)c4ccccc4)CC3)cc2)C1. The zero-order valence-corrected chi connectivity index (χ0v) is 19.3. The van der Waals surface area contributed by atoms with Crippen LogP contribution >= 0.6 is 0 Å². The Kier molecular flexibility index (Phi) is 6.76. The second-order valence-corrected chi connectivity index (χ2v) is 10.9. The molecule has 2 saturated heterocycles. The average Bonchev–Trinajstić information content (AvgIpc) is 2.84. The number of rotatable bonds is 5. The van der Waals surface area contributed by atoms with Crippen molar-refractivity contribution in [1.82, 2.24) is 9.21 Å². The Hall–Kier alpha value is -2.51. The Morgan fingerprint density at radius 3 is 2.12 bits per heavy atom. The van der Waals surface area contributed by atoms with E-state index in [-0.39, 0.29) is 22.5 Å². The van der Waals surface area contributed by atoms with Gasteiger partial charge < -0.3 is 4.90 Å². The van der Waals surface area contributed by atoms with Crippen LogP contribution in [-0.4, -0.2) is 55.5 Å². The second-order valence-electron chi connectivity index (χ2n) is 8.93. The van der Waals surface area contributed by atoms with Gasteiger partial charge in [0.15, 0.2) is 5.78 Å². The number of carbonyl (C=O) groups excluding carboxylic acids is 2. The highest BCUT2D eigenvalue weighted by Crippen LogP contribution is 2.25. The van der Waals surface area contributed by atoms with E-state index in [2.05, 4.69) is 6.92 Å². The first-order chi connectivity index (χ1) is 15.4. The van der Waals surface area contributed by atoms with E-state index >= 15 is 0 Å². The molecule has 0 aromatic heterocycles. The van der Waals surface area contributed by atoms with Gasteiger partial charge in [-0.1, -0.05) is 37.3 Å². The molecule has 0 aliphatic carbocycles. The van der Waals surface area contributed by atoms with Gasteiger partial charge in [-0.3, -0.25) is 9.59 Å². The van der Waals surface area contributed by atoms with Gasteiger partial charge in [0.25, 0.3) is 5.91 Å². The summed E-state index contributed by atoms with van der Waals surface area (Å²) < 4.78 is 27.4. The molecule has 0 N–H and O–H groups in total. The van der Waals surface area contributed by atoms with Crippen LogP contribution in [0.2, 0.25) is 0 Å². The molecule has 2 aromatic rings. The number of piperidine rings is 2. The van der Waals surface area contributed by atoms with Crippen molar-refractivity contribution in [2.75, 3.05) is 26.2 Å². The number of hydrogen-bond acceptors (Lipinski definition) is 4. The largest absolute Gasteiger partial charge is 0.339 e. The predicted octanol–water partition coefficient (Wildman–Crippen LogP) is 3.84. The van der Waals surface area contributed by atoms with Crippen molar-refractivity contribution in [2.24, 2.45) is 11.8 Å². The molecular weight excluding hydrogens is 424 g/mol. The molecule has 1 amide bonds. The molecule has 4 rings (SSSR count). The molecule has 1 atom stereocenters. The second kappa shape index (κ2) is 9.55. The van der Waals surface area contributed by atoms with Crippen molar-refractivity contribution >= 4 is 21.7 Å². The monoisotopic (exact) mass is 454 g/mol. The van der Waals surface area contributed by atoms with Crippen LogP contribution in [0.25, 0.3) is 0 Å². The number of carbonyl (C=O) groups is 2. The fraction of sp³-hybridized carbons (Fsp3) is 0.440. The molecule has 0 unspecified atom stereocenters. The summed E-state index contributed by atoms with van der Waals surface area (Å²) in [7, 11) is -3.53. The highest BCUT2D eigenvalue weighted by atomic mass is 32.2. The summed E-state index contributed by atoms with van der Waals surface area (Å²) in [6.07, 6.45) is 3.20. The van der Waals surface area contributed by atoms with Crippen molar-refractivity contribution in [3.8, 4) is 0 Å². The van der Waals surface area contributed by atoms with E-state index in [0.717, 1.165) is 18.4 Å². The molecular formula is C25H30N2O4S. The minimum atomic E-state index is -3.53. The fourth-order valence-electron chi connectivity index (χ4n) is 4.65. The van der Waals surface area contributed by atoms with Gasteiger partial charge in [0.1, 0.15) is 0 Å². The number of ketones is 1. The van der Waals surface area contributed by atoms with Gasteiger partial charge in [0, 0.05) is 43.2 Å². The molecule has 32 heavy (non-hydrogen) atoms. The first-order valence-corrected chi connectivity index (χ1v) is 12.8. The van der Waals surface area contributed by atoms with Crippen molar-refractivity contribution in [2.45, 2.75) is 37.5 Å². The lowest BCUT2D eigenvalue weighted by Crippen LogP contribution is -2.40. The van der Waals surface area contributed by atoms with Crippen molar-refractivity contribution in [1.29, 1.82) is 0 Å². The first kappa shape index (κ1) is 22.7. The third-order valence-electron chi connectivity index (χ3n) is 6.57.